The second-order valence-electron chi connectivity index (χ2n) is 5.88. The van der Waals surface area contributed by atoms with Crippen LogP contribution in [0.1, 0.15) is 39.0 Å². The molecule has 0 saturated heterocycles. The van der Waals surface area contributed by atoms with E-state index in [9.17, 15) is 18.4 Å². The fraction of sp³-hybridized carbons (Fsp3) is 0.444. The maximum Gasteiger partial charge on any atom is 0.240 e. The highest BCUT2D eigenvalue weighted by atomic mass is 19.1. The van der Waals surface area contributed by atoms with Crippen LogP contribution in [0.3, 0.4) is 0 Å². The van der Waals surface area contributed by atoms with E-state index in [2.05, 4.69) is 11.4 Å². The average Bonchev–Trinajstić information content (AvgIpc) is 2.54. The number of allylic oxidation sites excluding steroid dienone is 1. The minimum absolute atomic E-state index is 0.410. The third-order valence-corrected chi connectivity index (χ3v) is 4.04. The molecule has 1 aromatic carbocycles. The van der Waals surface area contributed by atoms with Crippen LogP contribution in [-0.4, -0.2) is 24.9 Å². The van der Waals surface area contributed by atoms with Crippen molar-refractivity contribution in [1.29, 1.82) is 0 Å². The molecule has 24 heavy (non-hydrogen) atoms. The molecule has 0 fully saturated rings. The monoisotopic (exact) mass is 336 g/mol. The molecule has 0 radical (unpaired) electrons. The summed E-state index contributed by atoms with van der Waals surface area (Å²) >= 11 is 0. The van der Waals surface area contributed by atoms with Crippen molar-refractivity contribution < 1.29 is 18.4 Å². The summed E-state index contributed by atoms with van der Waals surface area (Å²) < 4.78 is 27.7. The van der Waals surface area contributed by atoms with Crippen LogP contribution in [0.5, 0.6) is 0 Å². The maximum absolute atomic E-state index is 13.8. The number of nitrogens with one attached hydrogen (secondary N) is 1. The zero-order valence-electron chi connectivity index (χ0n) is 13.8. The summed E-state index contributed by atoms with van der Waals surface area (Å²) in [6, 6.07) is 3.33. The first-order valence-corrected chi connectivity index (χ1v) is 8.15. The third-order valence-electron chi connectivity index (χ3n) is 4.04. The zero-order valence-corrected chi connectivity index (χ0v) is 13.8. The number of halogens is 2. The van der Waals surface area contributed by atoms with Crippen LogP contribution in [0.2, 0.25) is 0 Å². The Labute approximate surface area is 140 Å². The van der Waals surface area contributed by atoms with Gasteiger partial charge in [-0.1, -0.05) is 17.7 Å². The van der Waals surface area contributed by atoms with Gasteiger partial charge in [-0.15, -0.1) is 0 Å². The molecule has 0 aromatic heterocycles. The average molecular weight is 336 g/mol. The number of benzene rings is 1. The Bertz CT molecular complexity index is 624. The van der Waals surface area contributed by atoms with Gasteiger partial charge in [0.1, 0.15) is 23.9 Å². The van der Waals surface area contributed by atoms with Gasteiger partial charge in [0.05, 0.1) is 0 Å². The number of amides is 2. The summed E-state index contributed by atoms with van der Waals surface area (Å²) in [6.07, 6.45) is 7.47. The van der Waals surface area contributed by atoms with Gasteiger partial charge in [0.2, 0.25) is 11.8 Å². The van der Waals surface area contributed by atoms with Gasteiger partial charge >= 0.3 is 0 Å². The second kappa shape index (κ2) is 8.57. The van der Waals surface area contributed by atoms with Gasteiger partial charge in [0.15, 0.2) is 0 Å². The number of carbonyl (C=O) groups is 2. The lowest BCUT2D eigenvalue weighted by Gasteiger charge is -2.22. The Kier molecular flexibility index (Phi) is 6.46. The largest absolute Gasteiger partial charge is 0.354 e. The molecule has 0 spiro atoms. The Hall–Kier alpha value is -2.24. The zero-order chi connectivity index (χ0) is 17.5. The summed E-state index contributed by atoms with van der Waals surface area (Å²) in [4.78, 5) is 24.6. The van der Waals surface area contributed by atoms with Gasteiger partial charge in [-0.3, -0.25) is 14.5 Å². The number of nitrogens with zero attached hydrogens (tertiary/aromatic N) is 1. The summed E-state index contributed by atoms with van der Waals surface area (Å²) in [5.74, 6) is -2.77. The highest BCUT2D eigenvalue weighted by molar-refractivity contribution is 5.97. The number of para-hydroxylation sites is 1. The van der Waals surface area contributed by atoms with Crippen molar-refractivity contribution in [1.82, 2.24) is 5.32 Å². The molecule has 4 nitrogen and oxygen atoms in total. The lowest BCUT2D eigenvalue weighted by Crippen LogP contribution is -2.41. The summed E-state index contributed by atoms with van der Waals surface area (Å²) in [5.41, 5.74) is 0.834. The molecule has 130 valence electrons. The molecule has 6 heteroatoms. The van der Waals surface area contributed by atoms with Gasteiger partial charge in [-0.05, 0) is 44.2 Å². The number of hydrogen-bond donors (Lipinski definition) is 1. The lowest BCUT2D eigenvalue weighted by molar-refractivity contribution is -0.123. The maximum atomic E-state index is 13.8. The highest BCUT2D eigenvalue weighted by Gasteiger charge is 2.22. The first-order valence-electron chi connectivity index (χ1n) is 8.15. The first-order chi connectivity index (χ1) is 11.5. The lowest BCUT2D eigenvalue weighted by atomic mass is 9.97. The van der Waals surface area contributed by atoms with Crippen molar-refractivity contribution >= 4 is 17.5 Å². The SMILES string of the molecule is CC(=O)N(CC(=O)NCCC1=CCCCC1)c1c(F)cccc1F. The number of hydrogen-bond acceptors (Lipinski definition) is 2. The van der Waals surface area contributed by atoms with E-state index in [4.69, 9.17) is 0 Å². The van der Waals surface area contributed by atoms with Crippen molar-refractivity contribution in [2.45, 2.75) is 39.0 Å². The van der Waals surface area contributed by atoms with E-state index in [1.54, 1.807) is 0 Å². The Morgan fingerprint density at radius 1 is 1.21 bits per heavy atom. The van der Waals surface area contributed by atoms with Crippen LogP contribution < -0.4 is 10.2 Å². The van der Waals surface area contributed by atoms with Gasteiger partial charge in [-0.2, -0.15) is 0 Å². The van der Waals surface area contributed by atoms with E-state index < -0.39 is 35.7 Å². The van der Waals surface area contributed by atoms with Gasteiger partial charge < -0.3 is 5.32 Å². The van der Waals surface area contributed by atoms with E-state index in [1.165, 1.54) is 31.4 Å². The molecule has 0 unspecified atom stereocenters. The van der Waals surface area contributed by atoms with Gasteiger partial charge in [0, 0.05) is 13.5 Å². The van der Waals surface area contributed by atoms with Crippen LogP contribution >= 0.6 is 0 Å². The van der Waals surface area contributed by atoms with E-state index >= 15 is 0 Å². The van der Waals surface area contributed by atoms with Gasteiger partial charge in [0.25, 0.3) is 0 Å². The fourth-order valence-electron chi connectivity index (χ4n) is 2.79. The predicted octanol–water partition coefficient (Wildman–Crippen LogP) is 3.32. The molecular formula is C18H22F2N2O2. The summed E-state index contributed by atoms with van der Waals surface area (Å²) in [5, 5.41) is 2.71. The fourth-order valence-corrected chi connectivity index (χ4v) is 2.79. The normalized spacial score (nSPS) is 14.0. The number of anilines is 1. The molecule has 0 heterocycles. The summed E-state index contributed by atoms with van der Waals surface area (Å²) in [7, 11) is 0. The Morgan fingerprint density at radius 3 is 2.50 bits per heavy atom. The van der Waals surface area contributed by atoms with Gasteiger partial charge in [-0.25, -0.2) is 8.78 Å². The molecular weight excluding hydrogens is 314 g/mol. The van der Waals surface area contributed by atoms with E-state index in [0.717, 1.165) is 36.3 Å². The molecule has 1 N–H and O–H groups in total. The number of carbonyl (C=O) groups excluding carboxylic acids is 2. The standard InChI is InChI=1S/C18H22F2N2O2/c1-13(23)22(18-15(19)8-5-9-16(18)20)12-17(24)21-11-10-14-6-3-2-4-7-14/h5-6,8-9H,2-4,7,10-12H2,1H3,(H,21,24). The molecule has 0 atom stereocenters. The molecule has 0 saturated carbocycles. The number of rotatable bonds is 6. The smallest absolute Gasteiger partial charge is 0.240 e. The van der Waals surface area contributed by atoms with Crippen molar-refractivity contribution in [2.75, 3.05) is 18.0 Å². The van der Waals surface area contributed by atoms with Crippen LogP contribution in [0.4, 0.5) is 14.5 Å². The second-order valence-corrected chi connectivity index (χ2v) is 5.88. The molecule has 1 aliphatic carbocycles. The minimum atomic E-state index is -0.870. The van der Waals surface area contributed by atoms with E-state index in [1.807, 2.05) is 0 Å². The Balaban J connectivity index is 1.94. The molecule has 0 bridgehead atoms. The quantitative estimate of drug-likeness (QED) is 0.810. The third kappa shape index (κ3) is 4.88. The van der Waals surface area contributed by atoms with Crippen molar-refractivity contribution in [2.24, 2.45) is 0 Å². The van der Waals surface area contributed by atoms with Crippen LogP contribution in [0, 0.1) is 11.6 Å². The molecule has 1 aliphatic rings. The predicted molar refractivity (Wildman–Crippen MR) is 88.6 cm³/mol. The summed E-state index contributed by atoms with van der Waals surface area (Å²) in [6.45, 7) is 1.22. The van der Waals surface area contributed by atoms with E-state index in [-0.39, 0.29) is 0 Å². The van der Waals surface area contributed by atoms with E-state index in [0.29, 0.717) is 6.54 Å². The highest BCUT2D eigenvalue weighted by Crippen LogP contribution is 2.23. The first kappa shape index (κ1) is 18.1. The van der Waals surface area contributed by atoms with Crippen molar-refractivity contribution in [3.05, 3.63) is 41.5 Å². The van der Waals surface area contributed by atoms with Crippen LogP contribution in [-0.2, 0) is 9.59 Å². The molecule has 1 aromatic rings. The van der Waals surface area contributed by atoms with Crippen LogP contribution in [0.15, 0.2) is 29.8 Å². The van der Waals surface area contributed by atoms with Crippen molar-refractivity contribution in [3.8, 4) is 0 Å². The molecule has 2 amide bonds. The molecule has 2 rings (SSSR count). The minimum Gasteiger partial charge on any atom is -0.354 e. The molecule has 0 aliphatic heterocycles. The Morgan fingerprint density at radius 2 is 1.92 bits per heavy atom. The topological polar surface area (TPSA) is 49.4 Å². The van der Waals surface area contributed by atoms with Crippen LogP contribution in [0.25, 0.3) is 0 Å². The van der Waals surface area contributed by atoms with Crippen molar-refractivity contribution in [3.63, 3.8) is 0 Å².